The molecule has 0 bridgehead atoms. The number of rotatable bonds is 2. The van der Waals surface area contributed by atoms with Crippen LogP contribution in [0.3, 0.4) is 0 Å². The molecule has 0 unspecified atom stereocenters. The number of benzene rings is 2. The molecule has 5 rings (SSSR count). The molecule has 3 heterocycles. The predicted molar refractivity (Wildman–Crippen MR) is 196 cm³/mol. The molecular weight excluding hydrogens is 591 g/mol. The van der Waals surface area contributed by atoms with Gasteiger partial charge in [0.05, 0.1) is 0 Å². The number of phenolic OH excluding ortho intramolecular Hbond substituents is 1. The Morgan fingerprint density at radius 3 is 1.10 bits per heavy atom. The average molecular weight is 661 g/mol. The van der Waals surface area contributed by atoms with Crippen molar-refractivity contribution in [3.8, 4) is 11.5 Å². The molecule has 0 radical (unpaired) electrons. The van der Waals surface area contributed by atoms with Crippen molar-refractivity contribution in [2.24, 2.45) is 0 Å². The second-order valence-corrected chi connectivity index (χ2v) is 17.6. The first-order valence-electron chi connectivity index (χ1n) is 18.1. The van der Waals surface area contributed by atoms with Crippen LogP contribution in [0.5, 0.6) is 11.5 Å². The molecule has 3 fully saturated rings. The number of phenols is 1. The summed E-state index contributed by atoms with van der Waals surface area (Å²) in [5, 5.41) is 25.1. The molecule has 3 saturated heterocycles. The summed E-state index contributed by atoms with van der Waals surface area (Å²) in [6.45, 7) is 33.9. The molecule has 1 atom stereocenters. The van der Waals surface area contributed by atoms with Gasteiger partial charge in [0.2, 0.25) is 0 Å². The van der Waals surface area contributed by atoms with Crippen LogP contribution < -0.4 is 24.0 Å². The summed E-state index contributed by atoms with van der Waals surface area (Å²) in [7, 11) is 0. The minimum absolute atomic E-state index is 0. The van der Waals surface area contributed by atoms with Crippen molar-refractivity contribution in [3.63, 3.8) is 0 Å². The van der Waals surface area contributed by atoms with Crippen LogP contribution in [0.15, 0.2) is 24.3 Å². The van der Waals surface area contributed by atoms with Crippen LogP contribution in [0.4, 0.5) is 0 Å². The van der Waals surface area contributed by atoms with Gasteiger partial charge < -0.3 is 24.4 Å². The zero-order chi connectivity index (χ0) is 35.6. The summed E-state index contributed by atoms with van der Waals surface area (Å²) in [5.74, 6) is 0.195. The van der Waals surface area contributed by atoms with Crippen molar-refractivity contribution >= 4 is 0 Å². The van der Waals surface area contributed by atoms with E-state index in [-0.39, 0.29) is 52.2 Å². The third-order valence-electron chi connectivity index (χ3n) is 9.02. The Balaban J connectivity index is 0.000000579. The van der Waals surface area contributed by atoms with E-state index in [1.165, 1.54) is 44.1 Å². The van der Waals surface area contributed by atoms with E-state index in [2.05, 4.69) is 114 Å². The van der Waals surface area contributed by atoms with E-state index in [0.29, 0.717) is 5.75 Å². The Hall–Kier alpha value is -1.48. The van der Waals surface area contributed by atoms with E-state index in [4.69, 9.17) is 14.2 Å². The zero-order valence-corrected chi connectivity index (χ0v) is 33.5. The third-order valence-corrected chi connectivity index (χ3v) is 9.02. The molecule has 0 saturated carbocycles. The second kappa shape index (κ2) is 19.2. The zero-order valence-electron chi connectivity index (χ0n) is 33.5. The van der Waals surface area contributed by atoms with E-state index in [9.17, 15) is 10.2 Å². The fourth-order valence-corrected chi connectivity index (χ4v) is 5.65. The largest absolute Gasteiger partial charge is 1.00 e. The molecule has 3 aliphatic heterocycles. The maximum atomic E-state index is 13.7. The van der Waals surface area contributed by atoms with Crippen LogP contribution in [0, 0.1) is 0 Å². The molecule has 268 valence electrons. The maximum absolute atomic E-state index is 13.7. The molecule has 1 N–H and O–H groups in total. The number of ether oxygens (including phenoxy) is 3. The third kappa shape index (κ3) is 14.0. The smallest absolute Gasteiger partial charge is 0.872 e. The van der Waals surface area contributed by atoms with Crippen molar-refractivity contribution in [3.05, 3.63) is 57.6 Å². The van der Waals surface area contributed by atoms with Gasteiger partial charge in [0.25, 0.3) is 0 Å². The van der Waals surface area contributed by atoms with E-state index in [1.54, 1.807) is 0 Å². The molecular formula is C42H69LiO5. The van der Waals surface area contributed by atoms with Crippen molar-refractivity contribution < 1.29 is 43.3 Å². The standard InChI is InChI=1S/C30H46O2.3C4H8O.Li/c1-18(21-14-19(27(2,3)4)16-23(25(21)31)29(8,9)10)22-15-20(28(5,6)7)17-24(26(22)32)30(11,12)13;3*1-2-4-5-3-1;/h14-18,31-32H,1-13H3;3*1-4H2;/q;;;;+1/p-1. The first kappa shape index (κ1) is 44.5. The molecule has 2 aromatic rings. The van der Waals surface area contributed by atoms with Gasteiger partial charge in [0.15, 0.2) is 0 Å². The quantitative estimate of drug-likeness (QED) is 0.345. The predicted octanol–water partition coefficient (Wildman–Crippen LogP) is 7.20. The number of aromatic hydroxyl groups is 1. The van der Waals surface area contributed by atoms with Crippen LogP contribution in [0.25, 0.3) is 0 Å². The molecule has 3 aliphatic rings. The minimum atomic E-state index is -0.251. The van der Waals surface area contributed by atoms with Crippen molar-refractivity contribution in [1.82, 2.24) is 0 Å². The Bertz CT molecular complexity index is 1100. The van der Waals surface area contributed by atoms with Crippen LogP contribution in [0.1, 0.15) is 168 Å². The van der Waals surface area contributed by atoms with Crippen LogP contribution >= 0.6 is 0 Å². The second-order valence-electron chi connectivity index (χ2n) is 17.6. The topological polar surface area (TPSA) is 71.0 Å². The van der Waals surface area contributed by atoms with Gasteiger partial charge in [-0.2, -0.15) is 0 Å². The Kier molecular flexibility index (Phi) is 17.8. The Morgan fingerprint density at radius 1 is 0.521 bits per heavy atom. The summed E-state index contributed by atoms with van der Waals surface area (Å²) in [5.41, 5.74) is 5.12. The van der Waals surface area contributed by atoms with E-state index in [1.807, 2.05) is 0 Å². The van der Waals surface area contributed by atoms with Crippen LogP contribution in [-0.4, -0.2) is 44.7 Å². The van der Waals surface area contributed by atoms with Gasteiger partial charge in [-0.1, -0.05) is 114 Å². The van der Waals surface area contributed by atoms with Crippen LogP contribution in [-0.2, 0) is 35.9 Å². The molecule has 0 aromatic heterocycles. The van der Waals surface area contributed by atoms with Crippen molar-refractivity contribution in [2.45, 2.75) is 156 Å². The number of hydrogen-bond donors (Lipinski definition) is 1. The van der Waals surface area contributed by atoms with Gasteiger partial charge in [-0.15, -0.1) is 5.75 Å². The Morgan fingerprint density at radius 2 is 0.833 bits per heavy atom. The summed E-state index contributed by atoms with van der Waals surface area (Å²) < 4.78 is 14.8. The fourth-order valence-electron chi connectivity index (χ4n) is 5.65. The van der Waals surface area contributed by atoms with Crippen molar-refractivity contribution in [1.29, 1.82) is 0 Å². The summed E-state index contributed by atoms with van der Waals surface area (Å²) in [6.07, 6.45) is 7.67. The van der Waals surface area contributed by atoms with Gasteiger partial charge in [-0.05, 0) is 88.0 Å². The normalized spacial score (nSPS) is 17.2. The van der Waals surface area contributed by atoms with Crippen LogP contribution in [0.2, 0.25) is 0 Å². The summed E-state index contributed by atoms with van der Waals surface area (Å²) in [4.78, 5) is 0. The van der Waals surface area contributed by atoms with Crippen molar-refractivity contribution in [2.75, 3.05) is 39.6 Å². The van der Waals surface area contributed by atoms with E-state index < -0.39 is 0 Å². The first-order valence-corrected chi connectivity index (χ1v) is 18.1. The molecule has 6 heteroatoms. The van der Waals surface area contributed by atoms with Gasteiger partial charge in [-0.3, -0.25) is 0 Å². The minimum Gasteiger partial charge on any atom is -0.872 e. The first-order chi connectivity index (χ1) is 21.7. The molecule has 0 amide bonds. The Labute approximate surface area is 307 Å². The van der Waals surface area contributed by atoms with Gasteiger partial charge in [0, 0.05) is 51.1 Å². The molecule has 5 nitrogen and oxygen atoms in total. The van der Waals surface area contributed by atoms with E-state index in [0.717, 1.165) is 67.5 Å². The number of hydrogen-bond acceptors (Lipinski definition) is 5. The van der Waals surface area contributed by atoms with Gasteiger partial charge in [0.1, 0.15) is 5.75 Å². The SMILES string of the molecule is C1CCOC1.C1CCOC1.C1CCOC1.C[C@H](c1cc(C(C)(C)C)cc(C(C)(C)C)c1[O-])c1cc(C(C)(C)C)cc(C(C)(C)C)c1O.[Li+]. The summed E-state index contributed by atoms with van der Waals surface area (Å²) >= 11 is 0. The molecule has 2 aromatic carbocycles. The maximum Gasteiger partial charge on any atom is 1.00 e. The fraction of sp³-hybridized carbons (Fsp3) is 0.714. The van der Waals surface area contributed by atoms with E-state index >= 15 is 0 Å². The monoisotopic (exact) mass is 661 g/mol. The molecule has 48 heavy (non-hydrogen) atoms. The average Bonchev–Trinajstić information content (AvgIpc) is 3.78. The molecule has 0 aliphatic carbocycles. The summed E-state index contributed by atoms with van der Waals surface area (Å²) in [6, 6.07) is 8.40. The van der Waals surface area contributed by atoms with Gasteiger partial charge >= 0.3 is 18.9 Å². The molecule has 0 spiro atoms. The van der Waals surface area contributed by atoms with Gasteiger partial charge in [-0.25, -0.2) is 0 Å².